The molecule has 2 nitrogen and oxygen atoms in total. The third kappa shape index (κ3) is 7.92. The van der Waals surface area contributed by atoms with E-state index in [0.717, 1.165) is 17.3 Å². The maximum absolute atomic E-state index is 8.49. The molecule has 0 rings (SSSR count). The van der Waals surface area contributed by atoms with Crippen LogP contribution in [-0.4, -0.2) is 43.9 Å². The topological polar surface area (TPSA) is 20.2 Å². The zero-order valence-corrected chi connectivity index (χ0v) is 7.43. The Morgan fingerprint density at radius 2 is 1.60 bits per heavy atom. The van der Waals surface area contributed by atoms with Crippen LogP contribution in [0.2, 0.25) is 0 Å². The van der Waals surface area contributed by atoms with Crippen molar-refractivity contribution in [3.63, 3.8) is 0 Å². The van der Waals surface area contributed by atoms with E-state index in [-0.39, 0.29) is 0 Å². The molecule has 0 aliphatic heterocycles. The molecule has 0 aromatic carbocycles. The van der Waals surface area contributed by atoms with Gasteiger partial charge in [0.15, 0.2) is 0 Å². The van der Waals surface area contributed by atoms with Crippen molar-refractivity contribution in [1.82, 2.24) is 0 Å². The second-order valence-electron chi connectivity index (χ2n) is 3.80. The molecule has 0 aromatic rings. The Morgan fingerprint density at radius 3 is 2.00 bits per heavy atom. The first-order valence-corrected chi connectivity index (χ1v) is 3.97. The van der Waals surface area contributed by atoms with Gasteiger partial charge in [0.25, 0.3) is 0 Å². The van der Waals surface area contributed by atoms with Crippen molar-refractivity contribution in [2.75, 3.05) is 34.3 Å². The van der Waals surface area contributed by atoms with Gasteiger partial charge in [-0.25, -0.2) is 0 Å². The predicted molar refractivity (Wildman–Crippen MR) is 43.8 cm³/mol. The van der Waals surface area contributed by atoms with Gasteiger partial charge in [-0.3, -0.25) is 0 Å². The largest absolute Gasteiger partial charge is 0.396 e. The maximum Gasteiger partial charge on any atom is 0.0780 e. The molecule has 0 heterocycles. The van der Waals surface area contributed by atoms with Crippen LogP contribution >= 0.6 is 0 Å². The molecule has 0 unspecified atom stereocenters. The van der Waals surface area contributed by atoms with E-state index in [4.69, 9.17) is 5.11 Å². The maximum atomic E-state index is 8.49. The quantitative estimate of drug-likeness (QED) is 0.450. The highest BCUT2D eigenvalue weighted by Crippen LogP contribution is 1.99. The van der Waals surface area contributed by atoms with Gasteiger partial charge in [0.05, 0.1) is 27.7 Å². The van der Waals surface area contributed by atoms with Gasteiger partial charge < -0.3 is 9.59 Å². The van der Waals surface area contributed by atoms with E-state index in [1.54, 1.807) is 0 Å². The van der Waals surface area contributed by atoms with Crippen molar-refractivity contribution < 1.29 is 9.59 Å². The molecule has 0 radical (unpaired) electrons. The van der Waals surface area contributed by atoms with Crippen LogP contribution in [0.4, 0.5) is 0 Å². The summed E-state index contributed by atoms with van der Waals surface area (Å²) in [7, 11) is 6.58. The van der Waals surface area contributed by atoms with Gasteiger partial charge in [-0.2, -0.15) is 0 Å². The molecule has 0 amide bonds. The minimum Gasteiger partial charge on any atom is -0.396 e. The van der Waals surface area contributed by atoms with Crippen molar-refractivity contribution in [2.24, 2.45) is 0 Å². The number of aliphatic hydroxyl groups excluding tert-OH is 1. The highest BCUT2D eigenvalue weighted by Gasteiger charge is 2.04. The Bertz CT molecular complexity index is 75.8. The lowest BCUT2D eigenvalue weighted by Gasteiger charge is -2.23. The summed E-state index contributed by atoms with van der Waals surface area (Å²) in [6, 6.07) is 0. The van der Waals surface area contributed by atoms with Gasteiger partial charge >= 0.3 is 0 Å². The van der Waals surface area contributed by atoms with Crippen LogP contribution in [0.15, 0.2) is 0 Å². The van der Waals surface area contributed by atoms with Crippen LogP contribution in [0.25, 0.3) is 0 Å². The number of nitrogens with zero attached hydrogens (tertiary/aromatic N) is 1. The molecule has 0 fully saturated rings. The predicted octanol–water partition coefficient (Wildman–Crippen LogP) is 0.855. The standard InChI is InChI=1S/C8H20NO/c1-9(2,3)7-5-4-6-8-10/h10H,4-8H2,1-3H3/q+1. The zero-order valence-electron chi connectivity index (χ0n) is 7.43. The summed E-state index contributed by atoms with van der Waals surface area (Å²) in [5.41, 5.74) is 0. The molecule has 0 saturated heterocycles. The minimum atomic E-state index is 0.344. The van der Waals surface area contributed by atoms with Gasteiger partial charge in [-0.05, 0) is 19.3 Å². The first kappa shape index (κ1) is 9.92. The molecule has 2 heteroatoms. The van der Waals surface area contributed by atoms with Crippen LogP contribution < -0.4 is 0 Å². The minimum absolute atomic E-state index is 0.344. The summed E-state index contributed by atoms with van der Waals surface area (Å²) >= 11 is 0. The van der Waals surface area contributed by atoms with E-state index in [1.807, 2.05) is 0 Å². The van der Waals surface area contributed by atoms with E-state index in [2.05, 4.69) is 21.1 Å². The van der Waals surface area contributed by atoms with E-state index >= 15 is 0 Å². The number of unbranched alkanes of at least 4 members (excludes halogenated alkanes) is 2. The normalized spacial score (nSPS) is 12.0. The second-order valence-corrected chi connectivity index (χ2v) is 3.80. The fourth-order valence-corrected chi connectivity index (χ4v) is 0.875. The van der Waals surface area contributed by atoms with Crippen LogP contribution in [0.1, 0.15) is 19.3 Å². The smallest absolute Gasteiger partial charge is 0.0780 e. The molecule has 0 aromatic heterocycles. The van der Waals surface area contributed by atoms with Gasteiger partial charge in [0.1, 0.15) is 0 Å². The molecule has 0 atom stereocenters. The van der Waals surface area contributed by atoms with E-state index in [9.17, 15) is 0 Å². The van der Waals surface area contributed by atoms with Gasteiger partial charge in [0, 0.05) is 6.61 Å². The van der Waals surface area contributed by atoms with Crippen LogP contribution in [0.3, 0.4) is 0 Å². The summed E-state index contributed by atoms with van der Waals surface area (Å²) < 4.78 is 1.03. The Labute approximate surface area is 64.1 Å². The third-order valence-corrected chi connectivity index (χ3v) is 1.49. The van der Waals surface area contributed by atoms with Crippen molar-refractivity contribution >= 4 is 0 Å². The molecule has 1 N–H and O–H groups in total. The van der Waals surface area contributed by atoms with Crippen molar-refractivity contribution in [1.29, 1.82) is 0 Å². The summed E-state index contributed by atoms with van der Waals surface area (Å²) in [4.78, 5) is 0. The number of rotatable bonds is 5. The number of quaternary nitrogens is 1. The van der Waals surface area contributed by atoms with Gasteiger partial charge in [-0.1, -0.05) is 0 Å². The van der Waals surface area contributed by atoms with Crippen LogP contribution in [-0.2, 0) is 0 Å². The Kier molecular flexibility index (Phi) is 4.65. The van der Waals surface area contributed by atoms with Crippen molar-refractivity contribution in [3.05, 3.63) is 0 Å². The third-order valence-electron chi connectivity index (χ3n) is 1.49. The summed E-state index contributed by atoms with van der Waals surface area (Å²) in [6.07, 6.45) is 3.34. The molecule has 0 bridgehead atoms. The Hall–Kier alpha value is -0.0800. The van der Waals surface area contributed by atoms with E-state index in [0.29, 0.717) is 6.61 Å². The Morgan fingerprint density at radius 1 is 1.00 bits per heavy atom. The Balaban J connectivity index is 3.04. The highest BCUT2D eigenvalue weighted by atomic mass is 16.2. The lowest BCUT2D eigenvalue weighted by atomic mass is 10.2. The lowest BCUT2D eigenvalue weighted by molar-refractivity contribution is -0.870. The summed E-state index contributed by atoms with van der Waals surface area (Å²) in [5.74, 6) is 0. The average molecular weight is 146 g/mol. The molecule has 0 saturated carbocycles. The molecule has 0 aliphatic carbocycles. The number of hydrogen-bond donors (Lipinski definition) is 1. The monoisotopic (exact) mass is 146 g/mol. The molecule has 0 aliphatic rings. The van der Waals surface area contributed by atoms with Gasteiger partial charge in [-0.15, -0.1) is 0 Å². The fraction of sp³-hybridized carbons (Fsp3) is 1.00. The molecule has 62 valence electrons. The lowest BCUT2D eigenvalue weighted by Crippen LogP contribution is -2.35. The van der Waals surface area contributed by atoms with E-state index < -0.39 is 0 Å². The van der Waals surface area contributed by atoms with Crippen LogP contribution in [0.5, 0.6) is 0 Å². The van der Waals surface area contributed by atoms with Crippen molar-refractivity contribution in [2.45, 2.75) is 19.3 Å². The summed E-state index contributed by atoms with van der Waals surface area (Å²) in [6.45, 7) is 1.55. The average Bonchev–Trinajstić information content (AvgIpc) is 1.78. The molecular weight excluding hydrogens is 126 g/mol. The first-order chi connectivity index (χ1) is 4.56. The fourth-order valence-electron chi connectivity index (χ4n) is 0.875. The van der Waals surface area contributed by atoms with Crippen molar-refractivity contribution in [3.8, 4) is 0 Å². The first-order valence-electron chi connectivity index (χ1n) is 3.97. The van der Waals surface area contributed by atoms with E-state index in [1.165, 1.54) is 13.0 Å². The van der Waals surface area contributed by atoms with Gasteiger partial charge in [0.2, 0.25) is 0 Å². The number of hydrogen-bond acceptors (Lipinski definition) is 1. The highest BCUT2D eigenvalue weighted by molar-refractivity contribution is 4.38. The molecule has 0 spiro atoms. The SMILES string of the molecule is C[N+](C)(C)CCCCCO. The molecule has 10 heavy (non-hydrogen) atoms. The zero-order chi connectivity index (χ0) is 8.04. The summed E-state index contributed by atoms with van der Waals surface area (Å²) in [5, 5.41) is 8.49. The molecular formula is C8H20NO+. The number of aliphatic hydroxyl groups is 1. The second kappa shape index (κ2) is 4.69. The van der Waals surface area contributed by atoms with Crippen LogP contribution in [0, 0.1) is 0 Å².